The number of alkyl halides is 3. The molecule has 8 heteroatoms. The Morgan fingerprint density at radius 2 is 1.74 bits per heavy atom. The van der Waals surface area contributed by atoms with E-state index in [4.69, 9.17) is 21.5 Å². The standard InChI is InChI=1S/C14H14ClF3O.CHClO2/c1-13(2)8-10(13)7-12(15)9-3-5-11(6-4-9)19-14(16,17)18;2-1(3)4/h3-7,10H,8H2,1-2H3;(H,3,4). The first-order valence-electron chi connectivity index (χ1n) is 6.52. The van der Waals surface area contributed by atoms with E-state index in [2.05, 4.69) is 30.2 Å². The van der Waals surface area contributed by atoms with Crippen molar-refractivity contribution in [2.75, 3.05) is 0 Å². The van der Waals surface area contributed by atoms with E-state index in [0.717, 1.165) is 6.42 Å². The normalized spacial score (nSPS) is 19.4. The molecule has 0 saturated heterocycles. The van der Waals surface area contributed by atoms with Crippen molar-refractivity contribution in [3.63, 3.8) is 0 Å². The smallest absolute Gasteiger partial charge is 0.469 e. The molecule has 1 saturated carbocycles. The molecule has 1 aromatic rings. The Balaban J connectivity index is 0.000000593. The molecular formula is C15H15Cl2F3O3. The summed E-state index contributed by atoms with van der Waals surface area (Å²) in [5.41, 5.74) is -0.390. The van der Waals surface area contributed by atoms with Gasteiger partial charge in [-0.1, -0.05) is 31.5 Å². The van der Waals surface area contributed by atoms with Gasteiger partial charge in [-0.15, -0.1) is 13.2 Å². The van der Waals surface area contributed by atoms with Crippen LogP contribution < -0.4 is 4.74 Å². The maximum Gasteiger partial charge on any atom is 0.573 e. The highest BCUT2D eigenvalue weighted by Crippen LogP contribution is 2.53. The first kappa shape index (κ1) is 19.6. The lowest BCUT2D eigenvalue weighted by molar-refractivity contribution is -0.274. The molecule has 1 fully saturated rings. The molecule has 1 unspecified atom stereocenters. The SMILES string of the molecule is CC1(C)CC1C=C(Cl)c1ccc(OC(F)(F)F)cc1.O=C(O)Cl. The second kappa shape index (κ2) is 7.45. The van der Waals surface area contributed by atoms with Crippen molar-refractivity contribution in [1.29, 1.82) is 0 Å². The molecule has 1 N–H and O–H groups in total. The van der Waals surface area contributed by atoms with Gasteiger partial charge in [-0.05, 0) is 47.6 Å². The Kier molecular flexibility index (Phi) is 6.36. The second-order valence-electron chi connectivity index (χ2n) is 5.64. The van der Waals surface area contributed by atoms with Crippen LogP contribution in [-0.2, 0) is 0 Å². The van der Waals surface area contributed by atoms with Gasteiger partial charge in [0.25, 0.3) is 0 Å². The van der Waals surface area contributed by atoms with Crippen molar-refractivity contribution in [2.45, 2.75) is 26.6 Å². The van der Waals surface area contributed by atoms with Crippen molar-refractivity contribution in [2.24, 2.45) is 11.3 Å². The van der Waals surface area contributed by atoms with Crippen LogP contribution in [0.5, 0.6) is 5.75 Å². The summed E-state index contributed by atoms with van der Waals surface area (Å²) in [5.74, 6) is 0.193. The predicted octanol–water partition coefficient (Wildman–Crippen LogP) is 6.11. The number of hydrogen-bond donors (Lipinski definition) is 1. The van der Waals surface area contributed by atoms with E-state index in [1.165, 1.54) is 24.3 Å². The molecule has 0 aliphatic heterocycles. The molecule has 0 amide bonds. The number of benzene rings is 1. The molecule has 3 nitrogen and oxygen atoms in total. The molecule has 1 aromatic carbocycles. The van der Waals surface area contributed by atoms with Crippen LogP contribution in [0.1, 0.15) is 25.8 Å². The van der Waals surface area contributed by atoms with Crippen LogP contribution in [0.25, 0.3) is 5.03 Å². The van der Waals surface area contributed by atoms with Gasteiger partial charge in [0.1, 0.15) is 5.75 Å². The third kappa shape index (κ3) is 7.61. The average Bonchev–Trinajstić information content (AvgIpc) is 2.94. The molecule has 0 heterocycles. The summed E-state index contributed by atoms with van der Waals surface area (Å²) in [6, 6.07) is 5.57. The monoisotopic (exact) mass is 370 g/mol. The number of ether oxygens (including phenoxy) is 1. The van der Waals surface area contributed by atoms with Crippen molar-refractivity contribution in [3.05, 3.63) is 35.9 Å². The lowest BCUT2D eigenvalue weighted by Gasteiger charge is -2.09. The van der Waals surface area contributed by atoms with Crippen molar-refractivity contribution < 1.29 is 27.8 Å². The van der Waals surface area contributed by atoms with E-state index >= 15 is 0 Å². The predicted molar refractivity (Wildman–Crippen MR) is 82.7 cm³/mol. The Morgan fingerprint density at radius 3 is 2.09 bits per heavy atom. The van der Waals surface area contributed by atoms with Gasteiger partial charge in [-0.25, -0.2) is 4.79 Å². The van der Waals surface area contributed by atoms with Crippen LogP contribution in [0, 0.1) is 11.3 Å². The summed E-state index contributed by atoms with van der Waals surface area (Å²) in [4.78, 5) is 8.77. The van der Waals surface area contributed by atoms with E-state index in [1.54, 1.807) is 0 Å². The highest BCUT2D eigenvalue weighted by Gasteiger charge is 2.43. The minimum atomic E-state index is -4.67. The molecule has 0 spiro atoms. The van der Waals surface area contributed by atoms with E-state index in [0.29, 0.717) is 16.5 Å². The zero-order valence-electron chi connectivity index (χ0n) is 12.3. The fraction of sp³-hybridized carbons (Fsp3) is 0.400. The summed E-state index contributed by atoms with van der Waals surface area (Å²) in [7, 11) is 0. The molecule has 0 aromatic heterocycles. The van der Waals surface area contributed by atoms with Gasteiger partial charge in [-0.3, -0.25) is 0 Å². The van der Waals surface area contributed by atoms with Crippen LogP contribution in [0.15, 0.2) is 30.3 Å². The van der Waals surface area contributed by atoms with Gasteiger partial charge in [0, 0.05) is 16.6 Å². The Bertz CT molecular complexity index is 577. The zero-order valence-corrected chi connectivity index (χ0v) is 13.8. The Hall–Kier alpha value is -1.40. The molecule has 2 rings (SSSR count). The fourth-order valence-corrected chi connectivity index (χ4v) is 2.16. The lowest BCUT2D eigenvalue weighted by Crippen LogP contribution is -2.16. The zero-order chi connectivity index (χ0) is 17.8. The third-order valence-corrected chi connectivity index (χ3v) is 3.65. The summed E-state index contributed by atoms with van der Waals surface area (Å²) in [6.45, 7) is 4.30. The largest absolute Gasteiger partial charge is 0.573 e. The van der Waals surface area contributed by atoms with Gasteiger partial charge in [0.2, 0.25) is 0 Å². The molecule has 1 atom stereocenters. The van der Waals surface area contributed by atoms with Gasteiger partial charge < -0.3 is 9.84 Å². The number of allylic oxidation sites excluding steroid dienone is 1. The molecule has 0 bridgehead atoms. The Morgan fingerprint density at radius 1 is 1.30 bits per heavy atom. The Labute approximate surface area is 141 Å². The summed E-state index contributed by atoms with van der Waals surface area (Å²) in [5, 5.41) is 7.75. The summed E-state index contributed by atoms with van der Waals surface area (Å²) < 4.78 is 39.8. The number of rotatable bonds is 3. The molecular weight excluding hydrogens is 356 g/mol. The molecule has 128 valence electrons. The first-order valence-corrected chi connectivity index (χ1v) is 7.28. The highest BCUT2D eigenvalue weighted by molar-refractivity contribution is 6.60. The minimum Gasteiger partial charge on any atom is -0.469 e. The molecule has 23 heavy (non-hydrogen) atoms. The quantitative estimate of drug-likeness (QED) is 0.652. The number of carbonyl (C=O) groups is 1. The van der Waals surface area contributed by atoms with Crippen LogP contribution in [0.2, 0.25) is 0 Å². The van der Waals surface area contributed by atoms with Gasteiger partial charge in [0.15, 0.2) is 0 Å². The van der Waals surface area contributed by atoms with Crippen molar-refractivity contribution >= 4 is 33.7 Å². The first-order chi connectivity index (χ1) is 10.4. The van der Waals surface area contributed by atoms with E-state index in [1.807, 2.05) is 6.08 Å². The average molecular weight is 371 g/mol. The molecule has 1 aliphatic carbocycles. The summed E-state index contributed by atoms with van der Waals surface area (Å²) >= 11 is 10.3. The topological polar surface area (TPSA) is 46.5 Å². The fourth-order valence-electron chi connectivity index (χ4n) is 1.88. The van der Waals surface area contributed by atoms with Gasteiger partial charge in [-0.2, -0.15) is 0 Å². The highest BCUT2D eigenvalue weighted by atomic mass is 35.5. The lowest BCUT2D eigenvalue weighted by atomic mass is 10.1. The van der Waals surface area contributed by atoms with Crippen LogP contribution in [0.4, 0.5) is 18.0 Å². The van der Waals surface area contributed by atoms with E-state index in [-0.39, 0.29) is 11.2 Å². The summed E-state index contributed by atoms with van der Waals surface area (Å²) in [6.07, 6.45) is -1.63. The van der Waals surface area contributed by atoms with Crippen LogP contribution in [0.3, 0.4) is 0 Å². The van der Waals surface area contributed by atoms with Crippen LogP contribution in [-0.4, -0.2) is 16.9 Å². The minimum absolute atomic E-state index is 0.243. The molecule has 0 radical (unpaired) electrons. The second-order valence-corrected chi connectivity index (χ2v) is 6.37. The molecule has 1 aliphatic rings. The number of halogens is 5. The maximum absolute atomic E-state index is 12.0. The van der Waals surface area contributed by atoms with Crippen molar-refractivity contribution in [3.8, 4) is 5.75 Å². The number of carboxylic acid groups (broad SMARTS) is 1. The van der Waals surface area contributed by atoms with E-state index in [9.17, 15) is 13.2 Å². The van der Waals surface area contributed by atoms with Crippen LogP contribution >= 0.6 is 23.2 Å². The maximum atomic E-state index is 12.0. The van der Waals surface area contributed by atoms with E-state index < -0.39 is 11.8 Å². The van der Waals surface area contributed by atoms with Gasteiger partial charge >= 0.3 is 11.8 Å². The van der Waals surface area contributed by atoms with Gasteiger partial charge in [0.05, 0.1) is 0 Å². The number of hydrogen-bond acceptors (Lipinski definition) is 2. The van der Waals surface area contributed by atoms with Crippen molar-refractivity contribution in [1.82, 2.24) is 0 Å². The third-order valence-electron chi connectivity index (χ3n) is 3.30.